The third-order valence-electron chi connectivity index (χ3n) is 4.34. The lowest BCUT2D eigenvalue weighted by molar-refractivity contribution is -0.0284. The van der Waals surface area contributed by atoms with E-state index in [0.29, 0.717) is 18.4 Å². The van der Waals surface area contributed by atoms with Crippen molar-refractivity contribution in [1.29, 1.82) is 0 Å². The van der Waals surface area contributed by atoms with Gasteiger partial charge in [-0.25, -0.2) is 4.98 Å². The van der Waals surface area contributed by atoms with Gasteiger partial charge in [-0.05, 0) is 11.8 Å². The molecule has 0 aromatic carbocycles. The molecule has 0 amide bonds. The van der Waals surface area contributed by atoms with Crippen LogP contribution in [0.3, 0.4) is 0 Å². The number of imidazole rings is 1. The zero-order chi connectivity index (χ0) is 18.9. The van der Waals surface area contributed by atoms with Crippen LogP contribution in [0.25, 0.3) is 0 Å². The first-order valence-corrected chi connectivity index (χ1v) is 9.76. The van der Waals surface area contributed by atoms with Crippen molar-refractivity contribution < 1.29 is 4.74 Å². The molecule has 0 bridgehead atoms. The average Bonchev–Trinajstić information content (AvgIpc) is 3.01. The molecule has 1 aliphatic rings. The first-order valence-electron chi connectivity index (χ1n) is 9.76. The highest BCUT2D eigenvalue weighted by molar-refractivity contribution is 5.79. The highest BCUT2D eigenvalue weighted by Crippen LogP contribution is 2.07. The van der Waals surface area contributed by atoms with Crippen LogP contribution >= 0.6 is 0 Å². The molecule has 7 nitrogen and oxygen atoms in total. The first kappa shape index (κ1) is 20.7. The Morgan fingerprint density at radius 1 is 1.27 bits per heavy atom. The average molecular weight is 365 g/mol. The maximum Gasteiger partial charge on any atom is 0.191 e. The van der Waals surface area contributed by atoms with E-state index in [4.69, 9.17) is 4.74 Å². The summed E-state index contributed by atoms with van der Waals surface area (Å²) in [5.74, 6) is 3.09. The second-order valence-electron chi connectivity index (χ2n) is 7.84. The van der Waals surface area contributed by atoms with E-state index < -0.39 is 0 Å². The molecule has 2 heterocycles. The second-order valence-corrected chi connectivity index (χ2v) is 7.84. The zero-order valence-electron chi connectivity index (χ0n) is 17.0. The summed E-state index contributed by atoms with van der Waals surface area (Å²) in [5, 5.41) is 6.74. The molecule has 0 spiro atoms. The van der Waals surface area contributed by atoms with Gasteiger partial charge < -0.3 is 19.9 Å². The maximum atomic E-state index is 5.89. The molecular weight excluding hydrogens is 328 g/mol. The monoisotopic (exact) mass is 364 g/mol. The fraction of sp³-hybridized carbons (Fsp3) is 0.789. The lowest BCUT2D eigenvalue weighted by Crippen LogP contribution is -2.50. The van der Waals surface area contributed by atoms with E-state index in [0.717, 1.165) is 51.1 Å². The molecule has 148 valence electrons. The van der Waals surface area contributed by atoms with Gasteiger partial charge in [0.2, 0.25) is 0 Å². The van der Waals surface area contributed by atoms with Crippen molar-refractivity contribution >= 4 is 5.96 Å². The molecule has 0 aliphatic carbocycles. The van der Waals surface area contributed by atoms with Crippen LogP contribution in [0.1, 0.15) is 33.5 Å². The molecule has 2 N–H and O–H groups in total. The smallest absolute Gasteiger partial charge is 0.191 e. The van der Waals surface area contributed by atoms with Gasteiger partial charge in [0.05, 0.1) is 19.3 Å². The van der Waals surface area contributed by atoms with Gasteiger partial charge in [-0.2, -0.15) is 0 Å². The Balaban J connectivity index is 1.77. The van der Waals surface area contributed by atoms with Gasteiger partial charge in [-0.15, -0.1) is 0 Å². The number of morpholine rings is 1. The second kappa shape index (κ2) is 10.5. The summed E-state index contributed by atoms with van der Waals surface area (Å²) in [6.45, 7) is 15.3. The fourth-order valence-electron chi connectivity index (χ4n) is 3.25. The number of hydrogen-bond donors (Lipinski definition) is 2. The number of nitrogens with one attached hydrogen (secondary N) is 2. The van der Waals surface area contributed by atoms with Crippen molar-refractivity contribution in [3.8, 4) is 0 Å². The molecule has 1 aromatic rings. The third-order valence-corrected chi connectivity index (χ3v) is 4.34. The highest BCUT2D eigenvalue weighted by atomic mass is 16.5. The predicted octanol–water partition coefficient (Wildman–Crippen LogP) is 1.56. The molecule has 26 heavy (non-hydrogen) atoms. The van der Waals surface area contributed by atoms with E-state index in [1.165, 1.54) is 0 Å². The van der Waals surface area contributed by atoms with Crippen LogP contribution in [-0.4, -0.2) is 66.3 Å². The summed E-state index contributed by atoms with van der Waals surface area (Å²) in [6, 6.07) is 0. The molecule has 0 radical (unpaired) electrons. The minimum absolute atomic E-state index is 0.198. The van der Waals surface area contributed by atoms with E-state index in [2.05, 4.69) is 57.8 Å². The topological polar surface area (TPSA) is 66.7 Å². The van der Waals surface area contributed by atoms with Crippen molar-refractivity contribution in [3.05, 3.63) is 18.2 Å². The van der Waals surface area contributed by atoms with Gasteiger partial charge >= 0.3 is 0 Å². The molecule has 2 rings (SSSR count). The Labute approximate surface area is 158 Å². The van der Waals surface area contributed by atoms with Gasteiger partial charge in [0.15, 0.2) is 5.96 Å². The lowest BCUT2D eigenvalue weighted by Gasteiger charge is -2.34. The molecule has 1 saturated heterocycles. The molecule has 1 aromatic heterocycles. The van der Waals surface area contributed by atoms with Crippen molar-refractivity contribution in [2.75, 3.05) is 39.8 Å². The predicted molar refractivity (Wildman–Crippen MR) is 106 cm³/mol. The van der Waals surface area contributed by atoms with Crippen molar-refractivity contribution in [3.63, 3.8) is 0 Å². The van der Waals surface area contributed by atoms with Crippen LogP contribution in [0.5, 0.6) is 0 Å². The van der Waals surface area contributed by atoms with E-state index in [1.54, 1.807) is 7.05 Å². The van der Waals surface area contributed by atoms with E-state index in [-0.39, 0.29) is 6.10 Å². The van der Waals surface area contributed by atoms with Gasteiger partial charge in [0.1, 0.15) is 5.82 Å². The Kier molecular flexibility index (Phi) is 8.38. The van der Waals surface area contributed by atoms with Gasteiger partial charge in [-0.3, -0.25) is 9.89 Å². The maximum absolute atomic E-state index is 5.89. The van der Waals surface area contributed by atoms with E-state index in [9.17, 15) is 0 Å². The summed E-state index contributed by atoms with van der Waals surface area (Å²) in [7, 11) is 1.79. The molecule has 0 saturated carbocycles. The Hall–Kier alpha value is -1.60. The van der Waals surface area contributed by atoms with Crippen LogP contribution in [0.4, 0.5) is 0 Å². The number of aliphatic imine (C=N–C) groups is 1. The van der Waals surface area contributed by atoms with Crippen molar-refractivity contribution in [1.82, 2.24) is 25.1 Å². The summed E-state index contributed by atoms with van der Waals surface area (Å²) < 4.78 is 8.09. The lowest BCUT2D eigenvalue weighted by atomic mass is 10.2. The normalized spacial score (nSPS) is 19.3. The third kappa shape index (κ3) is 6.96. The minimum atomic E-state index is 0.198. The highest BCUT2D eigenvalue weighted by Gasteiger charge is 2.21. The fourth-order valence-corrected chi connectivity index (χ4v) is 3.25. The SMILES string of the molecule is CN=C(NCc1nccn1CC(C)C)NCC1CN(CC(C)C)CCO1. The van der Waals surface area contributed by atoms with Crippen LogP contribution in [0.2, 0.25) is 0 Å². The van der Waals surface area contributed by atoms with Gasteiger partial charge in [0.25, 0.3) is 0 Å². The van der Waals surface area contributed by atoms with Crippen molar-refractivity contribution in [2.45, 2.75) is 46.9 Å². The number of rotatable bonds is 8. The molecular formula is C19H36N6O. The molecule has 1 atom stereocenters. The summed E-state index contributed by atoms with van der Waals surface area (Å²) in [5.41, 5.74) is 0. The van der Waals surface area contributed by atoms with Crippen LogP contribution in [-0.2, 0) is 17.8 Å². The number of hydrogen-bond acceptors (Lipinski definition) is 4. The van der Waals surface area contributed by atoms with Crippen LogP contribution < -0.4 is 10.6 Å². The Bertz CT molecular complexity index is 554. The number of guanidine groups is 1. The first-order chi connectivity index (χ1) is 12.5. The van der Waals surface area contributed by atoms with E-state index in [1.807, 2.05) is 12.4 Å². The van der Waals surface area contributed by atoms with Gasteiger partial charge in [0, 0.05) is 52.2 Å². The summed E-state index contributed by atoms with van der Waals surface area (Å²) >= 11 is 0. The quantitative estimate of drug-likeness (QED) is 0.541. The molecule has 7 heteroatoms. The van der Waals surface area contributed by atoms with E-state index >= 15 is 0 Å². The zero-order valence-corrected chi connectivity index (χ0v) is 17.0. The largest absolute Gasteiger partial charge is 0.374 e. The van der Waals surface area contributed by atoms with Gasteiger partial charge in [-0.1, -0.05) is 27.7 Å². The Morgan fingerprint density at radius 3 is 2.73 bits per heavy atom. The molecule has 1 fully saturated rings. The number of nitrogens with zero attached hydrogens (tertiary/aromatic N) is 4. The summed E-state index contributed by atoms with van der Waals surface area (Å²) in [6.07, 6.45) is 4.09. The molecule has 1 unspecified atom stereocenters. The summed E-state index contributed by atoms with van der Waals surface area (Å²) in [4.78, 5) is 11.3. The molecule has 1 aliphatic heterocycles. The number of aromatic nitrogens is 2. The van der Waals surface area contributed by atoms with Crippen molar-refractivity contribution in [2.24, 2.45) is 16.8 Å². The minimum Gasteiger partial charge on any atom is -0.374 e. The van der Waals surface area contributed by atoms with Crippen LogP contribution in [0.15, 0.2) is 17.4 Å². The Morgan fingerprint density at radius 2 is 2.04 bits per heavy atom. The standard InChI is InChI=1S/C19H36N6O/c1-15(2)12-24-8-9-26-17(14-24)10-22-19(20-5)23-11-18-21-6-7-25(18)13-16(3)4/h6-7,15-17H,8-14H2,1-5H3,(H2,20,22,23). The van der Waals surface area contributed by atoms with Crippen LogP contribution in [0, 0.1) is 11.8 Å². The number of ether oxygens (including phenoxy) is 1.